The fraction of sp³-hybridized carbons (Fsp3) is 0.688. The average molecular weight is 659 g/mol. The zero-order valence-corrected chi connectivity index (χ0v) is 28.4. The highest BCUT2D eigenvalue weighted by atomic mass is 16.6. The molecule has 1 aromatic heterocycles. The van der Waals surface area contributed by atoms with Crippen LogP contribution in [0.15, 0.2) is 23.1 Å². The van der Waals surface area contributed by atoms with E-state index in [9.17, 15) is 24.0 Å². The fourth-order valence-corrected chi connectivity index (χ4v) is 6.24. The topological polar surface area (TPSA) is 178 Å². The van der Waals surface area contributed by atoms with Gasteiger partial charge in [-0.1, -0.05) is 6.08 Å². The van der Waals surface area contributed by atoms with Crippen LogP contribution in [0.5, 0.6) is 0 Å². The second-order valence-electron chi connectivity index (χ2n) is 14.6. The summed E-state index contributed by atoms with van der Waals surface area (Å²) in [6, 6.07) is 1.17. The van der Waals surface area contributed by atoms with Gasteiger partial charge in [0.25, 0.3) is 0 Å². The third kappa shape index (κ3) is 9.92. The second-order valence-corrected chi connectivity index (χ2v) is 14.6. The number of piperazine rings is 1. The lowest BCUT2D eigenvalue weighted by Crippen LogP contribution is -2.60. The predicted octanol–water partition coefficient (Wildman–Crippen LogP) is 2.99. The van der Waals surface area contributed by atoms with Crippen molar-refractivity contribution in [3.63, 3.8) is 0 Å². The van der Waals surface area contributed by atoms with Crippen LogP contribution in [0.25, 0.3) is 5.70 Å². The molecule has 260 valence electrons. The molecular formula is C32H50N8O7. The molecule has 2 fully saturated rings. The molecule has 4 rings (SSSR count). The first-order valence-electron chi connectivity index (χ1n) is 16.3. The van der Waals surface area contributed by atoms with E-state index in [1.54, 1.807) is 12.3 Å². The van der Waals surface area contributed by atoms with Crippen molar-refractivity contribution in [2.45, 2.75) is 90.3 Å². The van der Waals surface area contributed by atoms with Gasteiger partial charge in [0.2, 0.25) is 5.91 Å². The first-order chi connectivity index (χ1) is 21.9. The van der Waals surface area contributed by atoms with Crippen molar-refractivity contribution in [2.75, 3.05) is 51.1 Å². The molecule has 15 heteroatoms. The van der Waals surface area contributed by atoms with E-state index in [-0.39, 0.29) is 49.5 Å². The lowest BCUT2D eigenvalue weighted by molar-refractivity contribution is -0.138. The second kappa shape index (κ2) is 14.3. The summed E-state index contributed by atoms with van der Waals surface area (Å²) < 4.78 is 6.96. The normalized spacial score (nSPS) is 20.6. The number of carbonyl (C=O) groups excluding carboxylic acids is 3. The van der Waals surface area contributed by atoms with E-state index < -0.39 is 29.0 Å². The number of hydrogen-bond donors (Lipinski definition) is 4. The summed E-state index contributed by atoms with van der Waals surface area (Å²) in [6.45, 7) is 14.4. The van der Waals surface area contributed by atoms with Gasteiger partial charge in [-0.3, -0.25) is 14.7 Å². The maximum atomic E-state index is 12.9. The molecule has 1 unspecified atom stereocenters. The van der Waals surface area contributed by atoms with Crippen molar-refractivity contribution >= 4 is 35.6 Å². The van der Waals surface area contributed by atoms with Crippen molar-refractivity contribution in [3.05, 3.63) is 28.8 Å². The van der Waals surface area contributed by atoms with Gasteiger partial charge >= 0.3 is 23.9 Å². The number of piperidine rings is 1. The van der Waals surface area contributed by atoms with E-state index in [0.29, 0.717) is 5.92 Å². The molecule has 3 aliphatic rings. The minimum Gasteiger partial charge on any atom is -0.465 e. The fourth-order valence-electron chi connectivity index (χ4n) is 6.24. The van der Waals surface area contributed by atoms with Crippen LogP contribution in [-0.4, -0.2) is 116 Å². The molecule has 2 aliphatic heterocycles. The van der Waals surface area contributed by atoms with Gasteiger partial charge < -0.3 is 35.2 Å². The van der Waals surface area contributed by atoms with Gasteiger partial charge in [0.05, 0.1) is 0 Å². The van der Waals surface area contributed by atoms with E-state index >= 15 is 0 Å². The summed E-state index contributed by atoms with van der Waals surface area (Å²) >= 11 is 0. The number of rotatable bonds is 7. The van der Waals surface area contributed by atoms with Gasteiger partial charge in [0.1, 0.15) is 17.0 Å². The van der Waals surface area contributed by atoms with Crippen LogP contribution in [0.2, 0.25) is 0 Å². The number of nitrogens with zero attached hydrogens (tertiary/aromatic N) is 5. The molecule has 47 heavy (non-hydrogen) atoms. The van der Waals surface area contributed by atoms with Gasteiger partial charge in [-0.25, -0.2) is 19.2 Å². The van der Waals surface area contributed by atoms with Crippen molar-refractivity contribution in [3.8, 4) is 0 Å². The van der Waals surface area contributed by atoms with Gasteiger partial charge in [-0.2, -0.15) is 4.98 Å². The number of likely N-dealkylation sites (tertiary alicyclic amines) is 1. The maximum absolute atomic E-state index is 12.9. The minimum atomic E-state index is -1.28. The lowest BCUT2D eigenvalue weighted by atomic mass is 9.87. The minimum absolute atomic E-state index is 0.147. The molecule has 1 aromatic rings. The number of anilines is 1. The molecule has 5 amide bonds. The lowest BCUT2D eigenvalue weighted by Gasteiger charge is -2.41. The number of urea groups is 1. The number of carboxylic acid groups (broad SMARTS) is 1. The third-order valence-corrected chi connectivity index (χ3v) is 8.93. The first-order valence-corrected chi connectivity index (χ1v) is 16.3. The number of alkyl carbamates (subject to hydrolysis) is 1. The maximum Gasteiger partial charge on any atom is 0.408 e. The van der Waals surface area contributed by atoms with Gasteiger partial charge in [-0.05, 0) is 85.6 Å². The predicted molar refractivity (Wildman–Crippen MR) is 176 cm³/mol. The smallest absolute Gasteiger partial charge is 0.408 e. The molecule has 0 spiro atoms. The SMILES string of the molecule is CC1(NC(=O)OC(C)(C)C)CCN(CC2CC=C(n3ccc(NC(=O)N4CCN(C(=O)C(C)(C)NC(=O)O)CC4)nc3=O)CC2)CC1. The summed E-state index contributed by atoms with van der Waals surface area (Å²) in [5, 5.41) is 16.9. The van der Waals surface area contributed by atoms with Crippen molar-refractivity contribution in [1.82, 2.24) is 34.9 Å². The zero-order chi connectivity index (χ0) is 34.6. The largest absolute Gasteiger partial charge is 0.465 e. The van der Waals surface area contributed by atoms with Crippen LogP contribution >= 0.6 is 0 Å². The first kappa shape index (κ1) is 35.7. The molecule has 4 N–H and O–H groups in total. The molecule has 15 nitrogen and oxygen atoms in total. The highest BCUT2D eigenvalue weighted by Crippen LogP contribution is 2.29. The third-order valence-electron chi connectivity index (χ3n) is 8.93. The molecule has 2 saturated heterocycles. The Morgan fingerprint density at radius 2 is 1.66 bits per heavy atom. The number of ether oxygens (including phenoxy) is 1. The highest BCUT2D eigenvalue weighted by molar-refractivity contribution is 5.90. The van der Waals surface area contributed by atoms with Gasteiger partial charge in [-0.15, -0.1) is 0 Å². The molecule has 0 aromatic carbocycles. The van der Waals surface area contributed by atoms with Gasteiger partial charge in [0.15, 0.2) is 0 Å². The van der Waals surface area contributed by atoms with Crippen LogP contribution in [0.3, 0.4) is 0 Å². The van der Waals surface area contributed by atoms with Crippen LogP contribution in [0.1, 0.15) is 73.6 Å². The van der Waals surface area contributed by atoms with E-state index in [4.69, 9.17) is 9.84 Å². The molecular weight excluding hydrogens is 608 g/mol. The Balaban J connectivity index is 1.22. The number of amides is 5. The van der Waals surface area contributed by atoms with Crippen molar-refractivity contribution in [1.29, 1.82) is 0 Å². The van der Waals surface area contributed by atoms with E-state index in [0.717, 1.165) is 57.4 Å². The summed E-state index contributed by atoms with van der Waals surface area (Å²) in [7, 11) is 0. The standard InChI is InChI=1S/C32H50N8O7/c1-30(2,3)47-29(46)36-32(6)12-15-37(16-13-32)21-22-7-9-23(10-8-22)40-14-11-24(34-27(40)43)33-26(42)39-19-17-38(18-20-39)25(41)31(4,5)35-28(44)45/h9,11,14,22,35H,7-8,10,12-13,15-21H2,1-6H3,(H,36,46)(H,44,45)(H,33,34,42,43). The Bertz CT molecular complexity index is 1420. The van der Waals surface area contributed by atoms with Crippen molar-refractivity contribution < 1.29 is 29.0 Å². The van der Waals surface area contributed by atoms with E-state index in [1.807, 2.05) is 20.8 Å². The van der Waals surface area contributed by atoms with Crippen LogP contribution in [-0.2, 0) is 9.53 Å². The number of nitrogens with one attached hydrogen (secondary N) is 3. The number of carbonyl (C=O) groups is 4. The monoisotopic (exact) mass is 658 g/mol. The van der Waals surface area contributed by atoms with Crippen LogP contribution in [0, 0.1) is 5.92 Å². The Morgan fingerprint density at radius 1 is 1.02 bits per heavy atom. The van der Waals surface area contributed by atoms with Crippen molar-refractivity contribution in [2.24, 2.45) is 5.92 Å². The average Bonchev–Trinajstić information content (AvgIpc) is 2.97. The number of hydrogen-bond acceptors (Lipinski definition) is 8. The van der Waals surface area contributed by atoms with Crippen LogP contribution < -0.4 is 21.6 Å². The summed E-state index contributed by atoms with van der Waals surface area (Å²) in [6.07, 6.45) is 6.31. The Hall–Kier alpha value is -4.14. The molecule has 3 heterocycles. The Morgan fingerprint density at radius 3 is 2.21 bits per heavy atom. The quantitative estimate of drug-likeness (QED) is 0.343. The summed E-state index contributed by atoms with van der Waals surface area (Å²) in [5.74, 6) is 0.255. The van der Waals surface area contributed by atoms with Crippen LogP contribution in [0.4, 0.5) is 20.2 Å². The molecule has 0 bridgehead atoms. The zero-order valence-electron chi connectivity index (χ0n) is 28.4. The summed E-state index contributed by atoms with van der Waals surface area (Å²) in [4.78, 5) is 71.4. The van der Waals surface area contributed by atoms with Gasteiger partial charge in [0, 0.05) is 63.2 Å². The molecule has 0 saturated carbocycles. The molecule has 1 atom stereocenters. The number of allylic oxidation sites excluding steroid dienone is 2. The van der Waals surface area contributed by atoms with E-state index in [1.165, 1.54) is 28.2 Å². The Kier molecular flexibility index (Phi) is 10.9. The molecule has 1 aliphatic carbocycles. The number of aromatic nitrogens is 2. The molecule has 0 radical (unpaired) electrons. The highest BCUT2D eigenvalue weighted by Gasteiger charge is 2.36. The summed E-state index contributed by atoms with van der Waals surface area (Å²) in [5.41, 5.74) is -1.67. The Labute approximate surface area is 275 Å². The van der Waals surface area contributed by atoms with E-state index in [2.05, 4.69) is 38.8 Å².